The molecule has 2 aromatic rings. The number of carbonyl (C=O) groups is 1. The molecular formula is C20H25NO3. The van der Waals surface area contributed by atoms with Crippen molar-refractivity contribution in [3.63, 3.8) is 0 Å². The molecule has 4 heteroatoms. The second-order valence-electron chi connectivity index (χ2n) is 6.03. The van der Waals surface area contributed by atoms with E-state index in [2.05, 4.69) is 5.32 Å². The number of methoxy groups -OCH3 is 2. The molecular weight excluding hydrogens is 302 g/mol. The first-order valence-corrected chi connectivity index (χ1v) is 8.04. The molecule has 0 aromatic heterocycles. The smallest absolute Gasteiger partial charge is 0.224 e. The number of rotatable bonds is 6. The molecule has 1 amide bonds. The lowest BCUT2D eigenvalue weighted by molar-refractivity contribution is -0.116. The Hall–Kier alpha value is -2.49. The highest BCUT2D eigenvalue weighted by molar-refractivity contribution is 5.92. The Balaban J connectivity index is 2.12. The van der Waals surface area contributed by atoms with E-state index >= 15 is 0 Å². The van der Waals surface area contributed by atoms with E-state index in [4.69, 9.17) is 9.47 Å². The summed E-state index contributed by atoms with van der Waals surface area (Å²) in [6, 6.07) is 11.7. The highest BCUT2D eigenvalue weighted by Gasteiger charge is 2.17. The third kappa shape index (κ3) is 4.07. The van der Waals surface area contributed by atoms with Gasteiger partial charge in [-0.05, 0) is 42.5 Å². The van der Waals surface area contributed by atoms with E-state index in [1.54, 1.807) is 14.2 Å². The second-order valence-corrected chi connectivity index (χ2v) is 6.03. The van der Waals surface area contributed by atoms with Crippen LogP contribution in [0.3, 0.4) is 0 Å². The van der Waals surface area contributed by atoms with Crippen molar-refractivity contribution in [3.05, 3.63) is 53.1 Å². The van der Waals surface area contributed by atoms with Crippen LogP contribution in [0.25, 0.3) is 0 Å². The average molecular weight is 327 g/mol. The number of anilines is 1. The van der Waals surface area contributed by atoms with Crippen molar-refractivity contribution in [1.29, 1.82) is 0 Å². The molecule has 0 radical (unpaired) electrons. The van der Waals surface area contributed by atoms with Crippen LogP contribution >= 0.6 is 0 Å². The van der Waals surface area contributed by atoms with Crippen LogP contribution in [0.5, 0.6) is 11.5 Å². The molecule has 2 aromatic carbocycles. The third-order valence-electron chi connectivity index (χ3n) is 4.21. The minimum atomic E-state index is -0.00206. The fourth-order valence-corrected chi connectivity index (χ4v) is 2.82. The lowest BCUT2D eigenvalue weighted by Gasteiger charge is -2.17. The summed E-state index contributed by atoms with van der Waals surface area (Å²) < 4.78 is 10.7. The maximum absolute atomic E-state index is 12.4. The number of hydrogen-bond acceptors (Lipinski definition) is 3. The molecule has 0 aliphatic carbocycles. The Bertz CT molecular complexity index is 705. The molecule has 0 spiro atoms. The van der Waals surface area contributed by atoms with Gasteiger partial charge in [-0.3, -0.25) is 4.79 Å². The summed E-state index contributed by atoms with van der Waals surface area (Å²) in [6.07, 6.45) is 0.385. The first-order chi connectivity index (χ1) is 11.5. The standard InChI is InChI=1S/C20H25NO3/c1-13-7-6-8-14(2)20(13)21-19(22)11-15(3)17-10-9-16(23-4)12-18(17)24-5/h6-10,12,15H,11H2,1-5H3,(H,21,22). The molecule has 128 valence electrons. The normalized spacial score (nSPS) is 11.7. The maximum atomic E-state index is 12.4. The molecule has 24 heavy (non-hydrogen) atoms. The molecule has 0 heterocycles. The van der Waals surface area contributed by atoms with Crippen molar-refractivity contribution in [2.45, 2.75) is 33.1 Å². The minimum absolute atomic E-state index is 0.00206. The van der Waals surface area contributed by atoms with Crippen LogP contribution < -0.4 is 14.8 Å². The third-order valence-corrected chi connectivity index (χ3v) is 4.21. The van der Waals surface area contributed by atoms with Gasteiger partial charge in [0.15, 0.2) is 0 Å². The number of carbonyl (C=O) groups excluding carboxylic acids is 1. The zero-order valence-corrected chi connectivity index (χ0v) is 15.0. The monoisotopic (exact) mass is 327 g/mol. The summed E-state index contributed by atoms with van der Waals surface area (Å²) in [5.41, 5.74) is 4.03. The van der Waals surface area contributed by atoms with Gasteiger partial charge in [-0.15, -0.1) is 0 Å². The SMILES string of the molecule is COc1ccc(C(C)CC(=O)Nc2c(C)cccc2C)c(OC)c1. The van der Waals surface area contributed by atoms with E-state index in [1.807, 2.05) is 57.2 Å². The maximum Gasteiger partial charge on any atom is 0.224 e. The quantitative estimate of drug-likeness (QED) is 0.852. The molecule has 1 N–H and O–H groups in total. The topological polar surface area (TPSA) is 47.6 Å². The Kier molecular flexibility index (Phi) is 5.85. The number of ether oxygens (including phenoxy) is 2. The fourth-order valence-electron chi connectivity index (χ4n) is 2.82. The molecule has 0 aliphatic heterocycles. The van der Waals surface area contributed by atoms with Crippen molar-refractivity contribution < 1.29 is 14.3 Å². The van der Waals surface area contributed by atoms with Crippen LogP contribution in [0, 0.1) is 13.8 Å². The summed E-state index contributed by atoms with van der Waals surface area (Å²) in [7, 11) is 3.25. The van der Waals surface area contributed by atoms with E-state index in [0.29, 0.717) is 6.42 Å². The molecule has 0 bridgehead atoms. The number of benzene rings is 2. The number of para-hydroxylation sites is 1. The zero-order chi connectivity index (χ0) is 17.7. The van der Waals surface area contributed by atoms with Gasteiger partial charge >= 0.3 is 0 Å². The molecule has 4 nitrogen and oxygen atoms in total. The van der Waals surface area contributed by atoms with E-state index in [9.17, 15) is 4.79 Å². The molecule has 0 fully saturated rings. The van der Waals surface area contributed by atoms with Crippen LogP contribution in [0.2, 0.25) is 0 Å². The van der Waals surface area contributed by atoms with Gasteiger partial charge in [0, 0.05) is 18.2 Å². The molecule has 2 rings (SSSR count). The average Bonchev–Trinajstić information content (AvgIpc) is 2.57. The summed E-state index contributed by atoms with van der Waals surface area (Å²) >= 11 is 0. The Morgan fingerprint density at radius 1 is 1.08 bits per heavy atom. The van der Waals surface area contributed by atoms with Crippen molar-refractivity contribution in [2.75, 3.05) is 19.5 Å². The van der Waals surface area contributed by atoms with Gasteiger partial charge in [0.1, 0.15) is 11.5 Å². The highest BCUT2D eigenvalue weighted by atomic mass is 16.5. The summed E-state index contributed by atoms with van der Waals surface area (Å²) in [5.74, 6) is 1.51. The first-order valence-electron chi connectivity index (χ1n) is 8.04. The van der Waals surface area contributed by atoms with Crippen molar-refractivity contribution in [1.82, 2.24) is 0 Å². The second kappa shape index (κ2) is 7.86. The van der Waals surface area contributed by atoms with E-state index in [1.165, 1.54) is 0 Å². The van der Waals surface area contributed by atoms with Crippen LogP contribution in [0.4, 0.5) is 5.69 Å². The van der Waals surface area contributed by atoms with Crippen LogP contribution in [0.1, 0.15) is 36.0 Å². The van der Waals surface area contributed by atoms with Gasteiger partial charge in [0.05, 0.1) is 14.2 Å². The van der Waals surface area contributed by atoms with Gasteiger partial charge in [0.25, 0.3) is 0 Å². The number of hydrogen-bond donors (Lipinski definition) is 1. The Morgan fingerprint density at radius 2 is 1.75 bits per heavy atom. The van der Waals surface area contributed by atoms with E-state index in [-0.39, 0.29) is 11.8 Å². The predicted octanol–water partition coefficient (Wildman–Crippen LogP) is 4.45. The fraction of sp³-hybridized carbons (Fsp3) is 0.350. The molecule has 1 atom stereocenters. The van der Waals surface area contributed by atoms with Gasteiger partial charge < -0.3 is 14.8 Å². The minimum Gasteiger partial charge on any atom is -0.497 e. The van der Waals surface area contributed by atoms with E-state index < -0.39 is 0 Å². The van der Waals surface area contributed by atoms with Gasteiger partial charge in [-0.1, -0.05) is 31.2 Å². The highest BCUT2D eigenvalue weighted by Crippen LogP contribution is 2.32. The van der Waals surface area contributed by atoms with Crippen LogP contribution in [-0.2, 0) is 4.79 Å². The Labute approximate surface area is 143 Å². The number of nitrogens with one attached hydrogen (secondary N) is 1. The van der Waals surface area contributed by atoms with Crippen molar-refractivity contribution >= 4 is 11.6 Å². The van der Waals surface area contributed by atoms with Crippen LogP contribution in [-0.4, -0.2) is 20.1 Å². The lowest BCUT2D eigenvalue weighted by Crippen LogP contribution is -2.16. The van der Waals surface area contributed by atoms with E-state index in [0.717, 1.165) is 33.9 Å². The van der Waals surface area contributed by atoms with Crippen molar-refractivity contribution in [2.24, 2.45) is 0 Å². The summed E-state index contributed by atoms with van der Waals surface area (Å²) in [6.45, 7) is 6.02. The molecule has 0 aliphatic rings. The van der Waals surface area contributed by atoms with Gasteiger partial charge in [-0.2, -0.15) is 0 Å². The predicted molar refractivity (Wildman–Crippen MR) is 97.1 cm³/mol. The first kappa shape index (κ1) is 17.9. The van der Waals surface area contributed by atoms with Gasteiger partial charge in [0.2, 0.25) is 5.91 Å². The Morgan fingerprint density at radius 3 is 2.33 bits per heavy atom. The van der Waals surface area contributed by atoms with Gasteiger partial charge in [-0.25, -0.2) is 0 Å². The molecule has 0 saturated heterocycles. The molecule has 0 saturated carbocycles. The molecule has 1 unspecified atom stereocenters. The van der Waals surface area contributed by atoms with Crippen LogP contribution in [0.15, 0.2) is 36.4 Å². The zero-order valence-electron chi connectivity index (χ0n) is 15.0. The number of amides is 1. The lowest BCUT2D eigenvalue weighted by atomic mass is 9.96. The summed E-state index contributed by atoms with van der Waals surface area (Å²) in [5, 5.41) is 3.03. The summed E-state index contributed by atoms with van der Waals surface area (Å²) in [4.78, 5) is 12.4. The van der Waals surface area contributed by atoms with Crippen molar-refractivity contribution in [3.8, 4) is 11.5 Å². The number of aryl methyl sites for hydroxylation is 2. The largest absolute Gasteiger partial charge is 0.497 e.